The van der Waals surface area contributed by atoms with Gasteiger partial charge in [-0.25, -0.2) is 8.78 Å². The first-order chi connectivity index (χ1) is 14.5. The molecule has 0 aliphatic carbocycles. The van der Waals surface area contributed by atoms with Crippen LogP contribution in [0.25, 0.3) is 0 Å². The molecule has 2 aromatic rings. The highest BCUT2D eigenvalue weighted by molar-refractivity contribution is 14.0. The molecule has 0 spiro atoms. The van der Waals surface area contributed by atoms with Gasteiger partial charge in [0.2, 0.25) is 0 Å². The number of hydrogen-bond acceptors (Lipinski definition) is 3. The summed E-state index contributed by atoms with van der Waals surface area (Å²) in [6.45, 7) is 7.00. The average molecular weight is 544 g/mol. The zero-order chi connectivity index (χ0) is 21.5. The Balaban J connectivity index is 0.00000341. The maximum atomic E-state index is 13.5. The molecular formula is C23H31F2IN4O. The fraction of sp³-hybridized carbons (Fsp3) is 0.435. The number of hydrogen-bond donors (Lipinski definition) is 3. The van der Waals surface area contributed by atoms with Crippen molar-refractivity contribution in [3.8, 4) is 0 Å². The van der Waals surface area contributed by atoms with E-state index in [1.54, 1.807) is 6.07 Å². The van der Waals surface area contributed by atoms with E-state index in [2.05, 4.69) is 38.7 Å². The molecular weight excluding hydrogens is 513 g/mol. The fourth-order valence-electron chi connectivity index (χ4n) is 3.65. The Morgan fingerprint density at radius 3 is 2.61 bits per heavy atom. The number of halogens is 3. The van der Waals surface area contributed by atoms with Gasteiger partial charge in [-0.05, 0) is 49.1 Å². The van der Waals surface area contributed by atoms with Gasteiger partial charge in [0.15, 0.2) is 17.6 Å². The van der Waals surface area contributed by atoms with E-state index >= 15 is 0 Å². The van der Waals surface area contributed by atoms with Crippen molar-refractivity contribution in [3.63, 3.8) is 0 Å². The number of benzene rings is 2. The van der Waals surface area contributed by atoms with Crippen LogP contribution in [0.1, 0.15) is 36.6 Å². The molecule has 0 radical (unpaired) electrons. The maximum absolute atomic E-state index is 13.5. The van der Waals surface area contributed by atoms with E-state index in [4.69, 9.17) is 0 Å². The number of nitrogens with zero attached hydrogens (tertiary/aromatic N) is 2. The SMILES string of the molecule is CCNC(=NCC(O)CN1CCc2ccccc2C1)NC(C)c1ccc(F)c(F)c1.I. The second kappa shape index (κ2) is 12.3. The number of nitrogens with one attached hydrogen (secondary N) is 2. The van der Waals surface area contributed by atoms with E-state index in [1.807, 2.05) is 19.9 Å². The Morgan fingerprint density at radius 1 is 1.16 bits per heavy atom. The maximum Gasteiger partial charge on any atom is 0.191 e. The molecule has 31 heavy (non-hydrogen) atoms. The smallest absolute Gasteiger partial charge is 0.191 e. The Bertz CT molecular complexity index is 880. The Hall–Kier alpha value is -1.78. The lowest BCUT2D eigenvalue weighted by Gasteiger charge is -2.30. The van der Waals surface area contributed by atoms with Gasteiger partial charge in [-0.1, -0.05) is 30.3 Å². The Morgan fingerprint density at radius 2 is 1.90 bits per heavy atom. The summed E-state index contributed by atoms with van der Waals surface area (Å²) in [6.07, 6.45) is 0.395. The predicted octanol–water partition coefficient (Wildman–Crippen LogP) is 3.62. The molecule has 1 aliphatic rings. The summed E-state index contributed by atoms with van der Waals surface area (Å²) >= 11 is 0. The van der Waals surface area contributed by atoms with Gasteiger partial charge in [-0.2, -0.15) is 0 Å². The monoisotopic (exact) mass is 544 g/mol. The van der Waals surface area contributed by atoms with E-state index < -0.39 is 17.7 Å². The summed E-state index contributed by atoms with van der Waals surface area (Å²) in [5, 5.41) is 16.8. The van der Waals surface area contributed by atoms with E-state index in [9.17, 15) is 13.9 Å². The molecule has 8 heteroatoms. The van der Waals surface area contributed by atoms with Crippen LogP contribution in [-0.4, -0.2) is 48.2 Å². The van der Waals surface area contributed by atoms with E-state index in [1.165, 1.54) is 17.2 Å². The number of aliphatic hydroxyl groups is 1. The molecule has 0 bridgehead atoms. The van der Waals surface area contributed by atoms with Gasteiger partial charge in [-0.3, -0.25) is 9.89 Å². The average Bonchev–Trinajstić information content (AvgIpc) is 2.74. The van der Waals surface area contributed by atoms with Crippen molar-refractivity contribution in [3.05, 3.63) is 70.8 Å². The Kier molecular flexibility index (Phi) is 10.1. The number of β-amino-alcohol motifs (C(OH)–C–C–N with tert-alkyl or cyclic N) is 1. The first-order valence-corrected chi connectivity index (χ1v) is 10.4. The van der Waals surface area contributed by atoms with Crippen LogP contribution in [0.5, 0.6) is 0 Å². The number of aliphatic imine (C=N–C) groups is 1. The van der Waals surface area contributed by atoms with Crippen LogP contribution in [0.15, 0.2) is 47.5 Å². The van der Waals surface area contributed by atoms with Crippen LogP contribution in [0.2, 0.25) is 0 Å². The fourth-order valence-corrected chi connectivity index (χ4v) is 3.65. The van der Waals surface area contributed by atoms with Gasteiger partial charge in [0.1, 0.15) is 0 Å². The third-order valence-corrected chi connectivity index (χ3v) is 5.28. The standard InChI is InChI=1S/C23H30F2N4O.HI/c1-3-26-23(28-16(2)18-8-9-21(24)22(25)12-18)27-13-20(30)15-29-11-10-17-6-4-5-7-19(17)14-29;/h4-9,12,16,20,30H,3,10-11,13-15H2,1-2H3,(H2,26,27,28);1H. The summed E-state index contributed by atoms with van der Waals surface area (Å²) in [6, 6.07) is 12.0. The normalized spacial score (nSPS) is 16.1. The van der Waals surface area contributed by atoms with Gasteiger partial charge in [0.05, 0.1) is 18.7 Å². The predicted molar refractivity (Wildman–Crippen MR) is 131 cm³/mol. The molecule has 0 fully saturated rings. The number of fused-ring (bicyclic) bond motifs is 1. The largest absolute Gasteiger partial charge is 0.390 e. The summed E-state index contributed by atoms with van der Waals surface area (Å²) in [5.41, 5.74) is 3.31. The van der Waals surface area contributed by atoms with E-state index in [-0.39, 0.29) is 36.6 Å². The van der Waals surface area contributed by atoms with Gasteiger partial charge in [0.25, 0.3) is 0 Å². The number of guanidine groups is 1. The van der Waals surface area contributed by atoms with Crippen molar-refractivity contribution in [2.45, 2.75) is 39.0 Å². The molecule has 2 atom stereocenters. The minimum absolute atomic E-state index is 0. The molecule has 170 valence electrons. The molecule has 0 saturated heterocycles. The lowest BCUT2D eigenvalue weighted by molar-refractivity contribution is 0.111. The van der Waals surface area contributed by atoms with Crippen molar-refractivity contribution in [2.24, 2.45) is 4.99 Å². The number of aliphatic hydroxyl groups excluding tert-OH is 1. The Labute approximate surface area is 200 Å². The van der Waals surface area contributed by atoms with Crippen molar-refractivity contribution in [1.82, 2.24) is 15.5 Å². The molecule has 1 heterocycles. The van der Waals surface area contributed by atoms with Crippen LogP contribution in [-0.2, 0) is 13.0 Å². The molecule has 0 saturated carbocycles. The quantitative estimate of drug-likeness (QED) is 0.283. The van der Waals surface area contributed by atoms with E-state index in [0.717, 1.165) is 25.6 Å². The zero-order valence-electron chi connectivity index (χ0n) is 17.9. The van der Waals surface area contributed by atoms with Crippen LogP contribution in [0.4, 0.5) is 8.78 Å². The first kappa shape index (κ1) is 25.5. The molecule has 3 rings (SSSR count). The highest BCUT2D eigenvalue weighted by Crippen LogP contribution is 2.19. The van der Waals surface area contributed by atoms with Crippen molar-refractivity contribution in [2.75, 3.05) is 26.2 Å². The summed E-state index contributed by atoms with van der Waals surface area (Å²) < 4.78 is 26.7. The van der Waals surface area contributed by atoms with Crippen LogP contribution in [0, 0.1) is 11.6 Å². The van der Waals surface area contributed by atoms with Crippen LogP contribution >= 0.6 is 24.0 Å². The minimum atomic E-state index is -0.874. The van der Waals surface area contributed by atoms with Gasteiger partial charge < -0.3 is 15.7 Å². The first-order valence-electron chi connectivity index (χ1n) is 10.4. The second-order valence-electron chi connectivity index (χ2n) is 7.67. The molecule has 0 aromatic heterocycles. The summed E-state index contributed by atoms with van der Waals surface area (Å²) in [7, 11) is 0. The molecule has 2 aromatic carbocycles. The van der Waals surface area contributed by atoms with Gasteiger partial charge in [-0.15, -0.1) is 24.0 Å². The molecule has 0 amide bonds. The van der Waals surface area contributed by atoms with E-state index in [0.29, 0.717) is 24.6 Å². The third kappa shape index (κ3) is 7.40. The van der Waals surface area contributed by atoms with Crippen molar-refractivity contribution >= 4 is 29.9 Å². The van der Waals surface area contributed by atoms with Gasteiger partial charge >= 0.3 is 0 Å². The second-order valence-corrected chi connectivity index (χ2v) is 7.67. The third-order valence-electron chi connectivity index (χ3n) is 5.28. The molecule has 2 unspecified atom stereocenters. The molecule has 3 N–H and O–H groups in total. The molecule has 1 aliphatic heterocycles. The lowest BCUT2D eigenvalue weighted by atomic mass is 10.00. The van der Waals surface area contributed by atoms with Crippen LogP contribution in [0.3, 0.4) is 0 Å². The minimum Gasteiger partial charge on any atom is -0.390 e. The topological polar surface area (TPSA) is 59.9 Å². The number of rotatable bonds is 7. The summed E-state index contributed by atoms with van der Waals surface area (Å²) in [4.78, 5) is 6.72. The lowest BCUT2D eigenvalue weighted by Crippen LogP contribution is -2.41. The van der Waals surface area contributed by atoms with Crippen molar-refractivity contribution < 1.29 is 13.9 Å². The van der Waals surface area contributed by atoms with Crippen molar-refractivity contribution in [1.29, 1.82) is 0 Å². The van der Waals surface area contributed by atoms with Crippen LogP contribution < -0.4 is 10.6 Å². The van der Waals surface area contributed by atoms with Gasteiger partial charge in [0, 0.05) is 26.2 Å². The summed E-state index contributed by atoms with van der Waals surface area (Å²) in [5.74, 6) is -1.21. The zero-order valence-corrected chi connectivity index (χ0v) is 20.3. The highest BCUT2D eigenvalue weighted by atomic mass is 127. The highest BCUT2D eigenvalue weighted by Gasteiger charge is 2.18. The molecule has 5 nitrogen and oxygen atoms in total.